The molecule has 0 atom stereocenters. The first-order valence-corrected chi connectivity index (χ1v) is 6.69. The van der Waals surface area contributed by atoms with Crippen LogP contribution in [0.3, 0.4) is 0 Å². The molecule has 1 rings (SSSR count). The summed E-state index contributed by atoms with van der Waals surface area (Å²) < 4.78 is 0.328. The summed E-state index contributed by atoms with van der Waals surface area (Å²) in [7, 11) is 0. The van der Waals surface area contributed by atoms with Crippen LogP contribution in [0, 0.1) is 5.92 Å². The first kappa shape index (κ1) is 14.2. The number of thiocarbonyl (C=S) groups is 1. The van der Waals surface area contributed by atoms with Gasteiger partial charge in [0.1, 0.15) is 10.9 Å². The second-order valence-corrected chi connectivity index (χ2v) is 5.44. The van der Waals surface area contributed by atoms with Crippen molar-refractivity contribution in [2.24, 2.45) is 5.92 Å². The number of nitrogens with zero attached hydrogens (tertiary/aromatic N) is 1. The number of carboxylic acid groups (broad SMARTS) is 1. The first-order valence-electron chi connectivity index (χ1n) is 5.46. The van der Waals surface area contributed by atoms with Crippen molar-refractivity contribution in [1.29, 1.82) is 0 Å². The molecular weight excluding hydrogens is 258 g/mol. The van der Waals surface area contributed by atoms with Crippen LogP contribution in [0.1, 0.15) is 26.7 Å². The van der Waals surface area contributed by atoms with Gasteiger partial charge in [-0.05, 0) is 18.8 Å². The van der Waals surface area contributed by atoms with E-state index in [4.69, 9.17) is 17.3 Å². The summed E-state index contributed by atoms with van der Waals surface area (Å²) in [5, 5.41) is 8.69. The second-order valence-electron chi connectivity index (χ2n) is 3.76. The van der Waals surface area contributed by atoms with Gasteiger partial charge in [-0.2, -0.15) is 0 Å². The molecule has 1 amide bonds. The van der Waals surface area contributed by atoms with Gasteiger partial charge in [-0.1, -0.05) is 43.9 Å². The second kappa shape index (κ2) is 6.16. The number of carbonyl (C=O) groups excluding carboxylic acids is 1. The minimum Gasteiger partial charge on any atom is -0.480 e. The molecule has 0 aromatic heterocycles. The van der Waals surface area contributed by atoms with Crippen LogP contribution in [0.15, 0.2) is 11.0 Å². The number of amides is 1. The molecule has 0 aromatic rings. The fraction of sp³-hybridized carbons (Fsp3) is 0.545. The maximum atomic E-state index is 11.9. The molecule has 4 nitrogen and oxygen atoms in total. The smallest absolute Gasteiger partial charge is 0.323 e. The van der Waals surface area contributed by atoms with Gasteiger partial charge in [-0.3, -0.25) is 14.5 Å². The Kier molecular flexibility index (Phi) is 5.14. The van der Waals surface area contributed by atoms with Crippen LogP contribution in [-0.4, -0.2) is 32.7 Å². The molecule has 6 heteroatoms. The van der Waals surface area contributed by atoms with Gasteiger partial charge in [0.05, 0.1) is 4.91 Å². The molecule has 17 heavy (non-hydrogen) atoms. The van der Waals surface area contributed by atoms with Crippen molar-refractivity contribution < 1.29 is 14.7 Å². The summed E-state index contributed by atoms with van der Waals surface area (Å²) in [5.74, 6) is -0.992. The van der Waals surface area contributed by atoms with E-state index >= 15 is 0 Å². The Morgan fingerprint density at radius 1 is 1.53 bits per heavy atom. The molecular formula is C11H15NO3S2. The third-order valence-corrected chi connectivity index (χ3v) is 4.00. The van der Waals surface area contributed by atoms with Crippen LogP contribution in [0.5, 0.6) is 0 Å². The predicted octanol–water partition coefficient (Wildman–Crippen LogP) is 2.25. The van der Waals surface area contributed by atoms with E-state index in [0.29, 0.717) is 15.1 Å². The number of rotatable bonds is 5. The molecule has 0 aliphatic carbocycles. The maximum Gasteiger partial charge on any atom is 0.323 e. The standard InChI is InChI=1S/C11H15NO3S2/c1-3-7(4-2)5-8-10(15)12(6-9(13)14)11(16)17-8/h5,7H,3-4,6H2,1-2H3,(H,13,14)/b8-5+. The third-order valence-electron chi connectivity index (χ3n) is 2.60. The van der Waals surface area contributed by atoms with E-state index in [-0.39, 0.29) is 12.5 Å². The number of hydrogen-bond acceptors (Lipinski definition) is 4. The fourth-order valence-corrected chi connectivity index (χ4v) is 2.84. The molecule has 1 fully saturated rings. The van der Waals surface area contributed by atoms with E-state index in [0.717, 1.165) is 17.7 Å². The highest BCUT2D eigenvalue weighted by Gasteiger charge is 2.33. The lowest BCUT2D eigenvalue weighted by Gasteiger charge is -2.10. The number of allylic oxidation sites excluding steroid dienone is 1. The van der Waals surface area contributed by atoms with Gasteiger partial charge >= 0.3 is 5.97 Å². The Labute approximate surface area is 110 Å². The monoisotopic (exact) mass is 273 g/mol. The van der Waals surface area contributed by atoms with E-state index in [9.17, 15) is 9.59 Å². The summed E-state index contributed by atoms with van der Waals surface area (Å²) in [6.07, 6.45) is 3.82. The quantitative estimate of drug-likeness (QED) is 0.615. The van der Waals surface area contributed by atoms with E-state index < -0.39 is 5.97 Å². The Balaban J connectivity index is 2.83. The molecule has 0 bridgehead atoms. The van der Waals surface area contributed by atoms with Crippen molar-refractivity contribution in [1.82, 2.24) is 4.90 Å². The third kappa shape index (κ3) is 3.54. The molecule has 1 heterocycles. The van der Waals surface area contributed by atoms with Crippen molar-refractivity contribution >= 4 is 40.2 Å². The lowest BCUT2D eigenvalue weighted by Crippen LogP contribution is -2.33. The lowest BCUT2D eigenvalue weighted by atomic mass is 10.0. The Morgan fingerprint density at radius 3 is 2.59 bits per heavy atom. The fourth-order valence-electron chi connectivity index (χ4n) is 1.52. The summed E-state index contributed by atoms with van der Waals surface area (Å²) in [6, 6.07) is 0. The largest absolute Gasteiger partial charge is 0.480 e. The van der Waals surface area contributed by atoms with Gasteiger partial charge in [0.15, 0.2) is 0 Å². The van der Waals surface area contributed by atoms with Gasteiger partial charge < -0.3 is 5.11 Å². The van der Waals surface area contributed by atoms with Gasteiger partial charge in [0, 0.05) is 0 Å². The summed E-state index contributed by atoms with van der Waals surface area (Å²) >= 11 is 6.19. The number of aliphatic carboxylic acids is 1. The van der Waals surface area contributed by atoms with Crippen molar-refractivity contribution in [3.63, 3.8) is 0 Å². The number of hydrogen-bond donors (Lipinski definition) is 1. The average Bonchev–Trinajstić information content (AvgIpc) is 2.53. The first-order chi connectivity index (χ1) is 7.99. The normalized spacial score (nSPS) is 18.5. The maximum absolute atomic E-state index is 11.9. The lowest BCUT2D eigenvalue weighted by molar-refractivity contribution is -0.140. The zero-order chi connectivity index (χ0) is 13.0. The topological polar surface area (TPSA) is 57.6 Å². The highest BCUT2D eigenvalue weighted by molar-refractivity contribution is 8.26. The zero-order valence-corrected chi connectivity index (χ0v) is 11.4. The summed E-state index contributed by atoms with van der Waals surface area (Å²) in [4.78, 5) is 24.2. The number of carboxylic acids is 1. The van der Waals surface area contributed by atoms with E-state index in [2.05, 4.69) is 13.8 Å². The number of thioether (sulfide) groups is 1. The van der Waals surface area contributed by atoms with Crippen molar-refractivity contribution in [3.05, 3.63) is 11.0 Å². The van der Waals surface area contributed by atoms with Crippen LogP contribution in [0.4, 0.5) is 0 Å². The van der Waals surface area contributed by atoms with Gasteiger partial charge in [-0.15, -0.1) is 0 Å². The summed E-state index contributed by atoms with van der Waals surface area (Å²) in [6.45, 7) is 3.76. The van der Waals surface area contributed by atoms with Crippen LogP contribution in [0.25, 0.3) is 0 Å². The highest BCUT2D eigenvalue weighted by atomic mass is 32.2. The van der Waals surface area contributed by atoms with Crippen LogP contribution < -0.4 is 0 Å². The van der Waals surface area contributed by atoms with Crippen LogP contribution in [-0.2, 0) is 9.59 Å². The van der Waals surface area contributed by atoms with Gasteiger partial charge in [0.2, 0.25) is 0 Å². The van der Waals surface area contributed by atoms with Crippen molar-refractivity contribution in [2.45, 2.75) is 26.7 Å². The summed E-state index contributed by atoms with van der Waals surface area (Å²) in [5.41, 5.74) is 0. The molecule has 0 spiro atoms. The van der Waals surface area contributed by atoms with Gasteiger partial charge in [0.25, 0.3) is 5.91 Å². The molecule has 0 saturated carbocycles. The van der Waals surface area contributed by atoms with Crippen molar-refractivity contribution in [3.8, 4) is 0 Å². The average molecular weight is 273 g/mol. The molecule has 1 aliphatic heterocycles. The van der Waals surface area contributed by atoms with E-state index in [1.165, 1.54) is 11.8 Å². The Hall–Kier alpha value is -0.880. The molecule has 1 saturated heterocycles. The van der Waals surface area contributed by atoms with Gasteiger partial charge in [-0.25, -0.2) is 0 Å². The molecule has 0 radical (unpaired) electrons. The van der Waals surface area contributed by atoms with E-state index in [1.807, 2.05) is 6.08 Å². The van der Waals surface area contributed by atoms with Crippen molar-refractivity contribution in [2.75, 3.05) is 6.54 Å². The molecule has 0 aromatic carbocycles. The Morgan fingerprint density at radius 2 is 2.12 bits per heavy atom. The molecule has 94 valence electrons. The van der Waals surface area contributed by atoms with Crippen LogP contribution in [0.2, 0.25) is 0 Å². The molecule has 1 aliphatic rings. The predicted molar refractivity (Wildman–Crippen MR) is 71.7 cm³/mol. The molecule has 1 N–H and O–H groups in total. The Bertz CT molecular complexity index is 375. The van der Waals surface area contributed by atoms with Crippen LogP contribution >= 0.6 is 24.0 Å². The number of carbonyl (C=O) groups is 2. The minimum absolute atomic E-state index is 0.283. The molecule has 0 unspecified atom stereocenters. The highest BCUT2D eigenvalue weighted by Crippen LogP contribution is 2.32. The SMILES string of the molecule is CCC(/C=C1/SC(=S)N(CC(=O)O)C1=O)CC. The zero-order valence-electron chi connectivity index (χ0n) is 9.80. The minimum atomic E-state index is -1.05. The van der Waals surface area contributed by atoms with E-state index in [1.54, 1.807) is 0 Å².